The van der Waals surface area contributed by atoms with Crippen LogP contribution in [0, 0.1) is 6.92 Å². The largest absolute Gasteiger partial charge is 0.355 e. The maximum Gasteiger partial charge on any atom is 0.0648 e. The van der Waals surface area contributed by atoms with Crippen LogP contribution in [-0.4, -0.2) is 27.1 Å². The van der Waals surface area contributed by atoms with Gasteiger partial charge in [-0.2, -0.15) is 0 Å². The summed E-state index contributed by atoms with van der Waals surface area (Å²) in [4.78, 5) is 0. The Kier molecular flexibility index (Phi) is 8.72. The van der Waals surface area contributed by atoms with Gasteiger partial charge in [0, 0.05) is 33.5 Å². The predicted octanol–water partition coefficient (Wildman–Crippen LogP) is 8.86. The number of hydrogen-bond acceptors (Lipinski definition) is 2. The van der Waals surface area contributed by atoms with E-state index in [1.165, 1.54) is 76.9 Å². The topological polar surface area (TPSA) is 24.1 Å². The summed E-state index contributed by atoms with van der Waals surface area (Å²) < 4.78 is 0. The van der Waals surface area contributed by atoms with E-state index in [0.717, 1.165) is 0 Å². The van der Waals surface area contributed by atoms with Crippen molar-refractivity contribution in [2.75, 3.05) is 10.6 Å². The van der Waals surface area contributed by atoms with Crippen LogP contribution >= 0.6 is 0 Å². The van der Waals surface area contributed by atoms with Crippen LogP contribution in [0.1, 0.15) is 56.2 Å². The van der Waals surface area contributed by atoms with Gasteiger partial charge in [0.25, 0.3) is 0 Å². The second-order valence-corrected chi connectivity index (χ2v) is 21.9. The van der Waals surface area contributed by atoms with Crippen molar-refractivity contribution in [1.82, 2.24) is 0 Å². The molecule has 0 fully saturated rings. The van der Waals surface area contributed by atoms with E-state index in [1.54, 1.807) is 10.4 Å². The van der Waals surface area contributed by atoms with Crippen LogP contribution in [0.15, 0.2) is 72.8 Å². The normalized spacial score (nSPS) is 12.5. The number of hydrogen-bond donors (Lipinski definition) is 2. The van der Waals surface area contributed by atoms with Crippen molar-refractivity contribution >= 4 is 97.7 Å². The molecule has 0 aliphatic heterocycles. The molecule has 0 bridgehead atoms. The zero-order chi connectivity index (χ0) is 32.2. The van der Waals surface area contributed by atoms with Gasteiger partial charge in [-0.25, -0.2) is 0 Å². The van der Waals surface area contributed by atoms with Gasteiger partial charge in [-0.3, -0.25) is 0 Å². The summed E-state index contributed by atoms with van der Waals surface area (Å²) in [5.41, 5.74) is 9.02. The van der Waals surface area contributed by atoms with Crippen LogP contribution in [0.3, 0.4) is 0 Å². The quantitative estimate of drug-likeness (QED) is 0.122. The van der Waals surface area contributed by atoms with Crippen molar-refractivity contribution in [1.29, 1.82) is 0 Å². The van der Waals surface area contributed by atoms with E-state index < -0.39 is 17.6 Å². The molecular formula is C40H50N2Si3. The van der Waals surface area contributed by atoms with Crippen molar-refractivity contribution in [2.45, 2.75) is 79.2 Å². The second-order valence-electron chi connectivity index (χ2n) is 14.4. The molecule has 0 aliphatic rings. The molecule has 5 heteroatoms. The van der Waals surface area contributed by atoms with Crippen molar-refractivity contribution < 1.29 is 0 Å². The molecule has 0 amide bonds. The molecule has 0 aromatic heterocycles. The van der Waals surface area contributed by atoms with Gasteiger partial charge in [0.05, 0.1) is 27.1 Å². The fourth-order valence-corrected chi connectivity index (χ4v) is 10.3. The second kappa shape index (κ2) is 12.4. The van der Waals surface area contributed by atoms with E-state index in [0.29, 0.717) is 11.8 Å². The van der Waals surface area contributed by atoms with Crippen molar-refractivity contribution in [3.63, 3.8) is 0 Å². The monoisotopic (exact) mass is 642 g/mol. The molecule has 0 spiro atoms. The van der Waals surface area contributed by atoms with Gasteiger partial charge in [0.2, 0.25) is 0 Å². The van der Waals surface area contributed by atoms with Crippen molar-refractivity contribution in [2.24, 2.45) is 0 Å². The Balaban J connectivity index is 1.63. The first-order chi connectivity index (χ1) is 21.4. The lowest BCUT2D eigenvalue weighted by Crippen LogP contribution is -2.32. The number of aryl methyl sites for hydroxylation is 1. The molecule has 2 N–H and O–H groups in total. The third-order valence-corrected chi connectivity index (χ3v) is 14.2. The number of benzene rings is 6. The predicted molar refractivity (Wildman–Crippen MR) is 214 cm³/mol. The first-order valence-electron chi connectivity index (χ1n) is 17.0. The van der Waals surface area contributed by atoms with Crippen LogP contribution in [0.2, 0.25) is 32.7 Å². The van der Waals surface area contributed by atoms with Gasteiger partial charge in [-0.1, -0.05) is 112 Å². The van der Waals surface area contributed by atoms with Crippen LogP contribution in [-0.2, 0) is 0 Å². The lowest BCUT2D eigenvalue weighted by atomic mass is 9.84. The molecule has 6 rings (SSSR count). The highest BCUT2D eigenvalue weighted by atomic mass is 28.3. The molecule has 0 saturated carbocycles. The summed E-state index contributed by atoms with van der Waals surface area (Å²) in [6, 6.07) is 28.8. The van der Waals surface area contributed by atoms with E-state index >= 15 is 0 Å². The van der Waals surface area contributed by atoms with Crippen molar-refractivity contribution in [3.05, 3.63) is 89.5 Å². The van der Waals surface area contributed by atoms with Crippen LogP contribution in [0.5, 0.6) is 0 Å². The summed E-state index contributed by atoms with van der Waals surface area (Å²) in [6.07, 6.45) is 0. The summed E-state index contributed by atoms with van der Waals surface area (Å²) in [7, 11) is -2.12. The average Bonchev–Trinajstić information content (AvgIpc) is 3.00. The highest BCUT2D eigenvalue weighted by molar-refractivity contribution is 6.74. The first kappa shape index (κ1) is 31.6. The molecule has 6 aromatic carbocycles. The van der Waals surface area contributed by atoms with Gasteiger partial charge in [-0.05, 0) is 93.4 Å². The molecule has 45 heavy (non-hydrogen) atoms. The highest BCUT2D eigenvalue weighted by Crippen LogP contribution is 2.46. The van der Waals surface area contributed by atoms with E-state index in [-0.39, 0.29) is 9.52 Å². The number of nitrogens with one attached hydrogen (secondary N) is 2. The molecule has 0 heterocycles. The van der Waals surface area contributed by atoms with Crippen LogP contribution in [0.25, 0.3) is 32.3 Å². The number of rotatable bonds is 9. The minimum Gasteiger partial charge on any atom is -0.355 e. The summed E-state index contributed by atoms with van der Waals surface area (Å²) in [5.74, 6) is 0.823. The molecule has 232 valence electrons. The Labute approximate surface area is 276 Å². The lowest BCUT2D eigenvalue weighted by Gasteiger charge is -2.24. The SMILES string of the molecule is C[SiH2]c1cc(C)cc(Nc2cc(C(C)C)c3ccc4c(Nc5cc([SiH](C)C)cc([SiH](C)C)c5)cc(C(C)C)c5ccc2c3c45)c1. The van der Waals surface area contributed by atoms with E-state index in [1.807, 2.05) is 0 Å². The Morgan fingerprint density at radius 3 is 1.42 bits per heavy atom. The maximum absolute atomic E-state index is 3.99. The summed E-state index contributed by atoms with van der Waals surface area (Å²) in [6.45, 7) is 23.7. The Hall–Kier alpha value is -3.39. The van der Waals surface area contributed by atoms with Gasteiger partial charge >= 0.3 is 0 Å². The van der Waals surface area contributed by atoms with E-state index in [9.17, 15) is 0 Å². The standard InChI is InChI=1S/C40H50N2Si3/c1-23(2)35-21-37(41-26-15-25(5)16-28(17-26)43-6)33-13-11-32-36(24(3)4)22-38(34-14-12-31(35)39(33)40(32)34)42-27-18-29(44(7)8)20-30(19-27)45(9)10/h11-24,41-42,44-45H,43H2,1-10H3. The summed E-state index contributed by atoms with van der Waals surface area (Å²) in [5, 5.41) is 20.7. The molecule has 0 radical (unpaired) electrons. The maximum atomic E-state index is 3.99. The fraction of sp³-hybridized carbons (Fsp3) is 0.300. The zero-order valence-electron chi connectivity index (χ0n) is 28.9. The molecule has 0 saturated heterocycles. The smallest absolute Gasteiger partial charge is 0.0648 e. The molecule has 2 nitrogen and oxygen atoms in total. The summed E-state index contributed by atoms with van der Waals surface area (Å²) >= 11 is 0. The Bertz CT molecular complexity index is 2000. The highest BCUT2D eigenvalue weighted by Gasteiger charge is 2.21. The Morgan fingerprint density at radius 2 is 1.00 bits per heavy atom. The van der Waals surface area contributed by atoms with Gasteiger partial charge in [0.1, 0.15) is 0 Å². The van der Waals surface area contributed by atoms with Gasteiger partial charge < -0.3 is 10.6 Å². The van der Waals surface area contributed by atoms with E-state index in [2.05, 4.69) is 151 Å². The van der Waals surface area contributed by atoms with Crippen LogP contribution in [0.4, 0.5) is 22.7 Å². The van der Waals surface area contributed by atoms with Gasteiger partial charge in [0.15, 0.2) is 0 Å². The number of anilines is 4. The zero-order valence-corrected chi connectivity index (χ0v) is 32.7. The average molecular weight is 643 g/mol. The van der Waals surface area contributed by atoms with Gasteiger partial charge in [-0.15, -0.1) is 0 Å². The third-order valence-electron chi connectivity index (χ3n) is 9.62. The minimum absolute atomic E-state index is 0.242. The van der Waals surface area contributed by atoms with Crippen LogP contribution < -0.4 is 26.2 Å². The Morgan fingerprint density at radius 1 is 0.556 bits per heavy atom. The third kappa shape index (κ3) is 5.98. The molecule has 0 atom stereocenters. The molecule has 6 aromatic rings. The first-order valence-corrected chi connectivity index (χ1v) is 24.9. The van der Waals surface area contributed by atoms with Crippen molar-refractivity contribution in [3.8, 4) is 0 Å². The molecule has 0 aliphatic carbocycles. The fourth-order valence-electron chi connectivity index (χ4n) is 7.07. The van der Waals surface area contributed by atoms with E-state index in [4.69, 9.17) is 0 Å². The minimum atomic E-state index is -0.941. The molecule has 0 unspecified atom stereocenters. The lowest BCUT2D eigenvalue weighted by molar-refractivity contribution is 0.876. The molecular weight excluding hydrogens is 593 g/mol.